The van der Waals surface area contributed by atoms with Gasteiger partial charge in [0.2, 0.25) is 5.91 Å². The number of nitrogens with zero attached hydrogens (tertiary/aromatic N) is 1. The number of aromatic nitrogens is 1. The lowest BCUT2D eigenvalue weighted by molar-refractivity contribution is -0.137. The highest BCUT2D eigenvalue weighted by Gasteiger charge is 2.30. The Morgan fingerprint density at radius 1 is 1.06 bits per heavy atom. The smallest absolute Gasteiger partial charge is 0.351 e. The lowest BCUT2D eigenvalue weighted by Gasteiger charge is -2.24. The average molecular weight is 472 g/mol. The number of rotatable bonds is 7. The molecule has 0 aliphatic heterocycles. The summed E-state index contributed by atoms with van der Waals surface area (Å²) in [5.74, 6) is 0.0731. The minimum atomic E-state index is -4.40. The second-order valence-corrected chi connectivity index (χ2v) is 9.30. The van der Waals surface area contributed by atoms with Gasteiger partial charge in [-0.05, 0) is 60.7 Å². The fraction of sp³-hybridized carbons (Fsp3) is 0.385. The van der Waals surface area contributed by atoms with Crippen LogP contribution in [0.1, 0.15) is 54.7 Å². The van der Waals surface area contributed by atoms with Gasteiger partial charge in [-0.25, -0.2) is 0 Å². The van der Waals surface area contributed by atoms with Gasteiger partial charge in [0.05, 0.1) is 5.56 Å². The van der Waals surface area contributed by atoms with Gasteiger partial charge in [-0.2, -0.15) is 13.2 Å². The Kier molecular flexibility index (Phi) is 6.68. The number of hydrogen-bond acceptors (Lipinski definition) is 2. The molecular weight excluding hydrogens is 443 g/mol. The number of nitrogens with one attached hydrogen (secondary N) is 2. The van der Waals surface area contributed by atoms with E-state index in [4.69, 9.17) is 0 Å². The summed E-state index contributed by atoms with van der Waals surface area (Å²) in [7, 11) is 0. The maximum absolute atomic E-state index is 13.0. The molecule has 0 atom stereocenters. The number of halogens is 3. The summed E-state index contributed by atoms with van der Waals surface area (Å²) in [5.41, 5.74) is 1.76. The summed E-state index contributed by atoms with van der Waals surface area (Å²) in [4.78, 5) is 25.3. The van der Waals surface area contributed by atoms with E-state index in [1.165, 1.54) is 12.1 Å². The van der Waals surface area contributed by atoms with Gasteiger partial charge in [0.1, 0.15) is 5.69 Å². The summed E-state index contributed by atoms with van der Waals surface area (Å²) < 4.78 is 40.6. The second-order valence-electron chi connectivity index (χ2n) is 9.30. The molecule has 2 amide bonds. The molecule has 5 nitrogen and oxygen atoms in total. The van der Waals surface area contributed by atoms with Crippen molar-refractivity contribution >= 4 is 28.4 Å². The number of hydrogen-bond donors (Lipinski definition) is 2. The minimum Gasteiger partial charge on any atom is -0.351 e. The van der Waals surface area contributed by atoms with Crippen LogP contribution in [0.5, 0.6) is 0 Å². The van der Waals surface area contributed by atoms with Crippen LogP contribution in [0.2, 0.25) is 0 Å². The zero-order valence-corrected chi connectivity index (χ0v) is 19.2. The predicted octanol–water partition coefficient (Wildman–Crippen LogP) is 5.83. The number of carbonyl (C=O) groups is 2. The van der Waals surface area contributed by atoms with E-state index in [1.807, 2.05) is 26.0 Å². The maximum atomic E-state index is 13.0. The molecule has 1 fully saturated rings. The number of benzene rings is 2. The first-order valence-electron chi connectivity index (χ1n) is 11.5. The molecule has 1 aliphatic rings. The second kappa shape index (κ2) is 9.52. The largest absolute Gasteiger partial charge is 0.416 e. The van der Waals surface area contributed by atoms with E-state index >= 15 is 0 Å². The van der Waals surface area contributed by atoms with E-state index in [-0.39, 0.29) is 30.2 Å². The summed E-state index contributed by atoms with van der Waals surface area (Å²) >= 11 is 0. The first kappa shape index (κ1) is 23.9. The Labute approximate surface area is 196 Å². The number of fused-ring (bicyclic) bond motifs is 1. The molecule has 8 heteroatoms. The first-order valence-corrected chi connectivity index (χ1v) is 11.5. The molecule has 4 rings (SSSR count). The van der Waals surface area contributed by atoms with Gasteiger partial charge in [0, 0.05) is 35.6 Å². The Bertz CT molecular complexity index is 1190. The van der Waals surface area contributed by atoms with Gasteiger partial charge in [0.25, 0.3) is 5.91 Å². The molecule has 0 saturated heterocycles. The number of alkyl halides is 3. The zero-order chi connectivity index (χ0) is 24.5. The van der Waals surface area contributed by atoms with Gasteiger partial charge >= 0.3 is 6.18 Å². The van der Waals surface area contributed by atoms with Crippen LogP contribution in [0.3, 0.4) is 0 Å². The van der Waals surface area contributed by atoms with Crippen LogP contribution in [0, 0.1) is 11.8 Å². The van der Waals surface area contributed by atoms with Crippen molar-refractivity contribution in [2.75, 3.05) is 11.9 Å². The van der Waals surface area contributed by atoms with Crippen LogP contribution < -0.4 is 10.6 Å². The van der Waals surface area contributed by atoms with Crippen LogP contribution in [0.15, 0.2) is 48.5 Å². The standard InChI is InChI=1S/C26H28F3N3O2/c1-16(2)14-30-25(34)23-13-19-12-21(31-24(33)18-4-3-5-18)10-11-22(19)32(23)15-17-6-8-20(9-7-17)26(27,28)29/h6-13,16,18H,3-5,14-15H2,1-2H3,(H,30,34)(H,31,33). The third-order valence-electron chi connectivity index (χ3n) is 6.17. The molecule has 2 aromatic carbocycles. The maximum Gasteiger partial charge on any atom is 0.416 e. The van der Waals surface area contributed by atoms with Crippen LogP contribution in [0.25, 0.3) is 10.9 Å². The normalized spacial score (nSPS) is 14.3. The van der Waals surface area contributed by atoms with Crippen molar-refractivity contribution in [3.8, 4) is 0 Å². The van der Waals surface area contributed by atoms with E-state index in [0.717, 1.165) is 42.3 Å². The Balaban J connectivity index is 1.66. The van der Waals surface area contributed by atoms with E-state index in [9.17, 15) is 22.8 Å². The molecule has 1 heterocycles. The zero-order valence-electron chi connectivity index (χ0n) is 19.2. The van der Waals surface area contributed by atoms with Crippen molar-refractivity contribution in [3.05, 3.63) is 65.4 Å². The topological polar surface area (TPSA) is 63.1 Å². The lowest BCUT2D eigenvalue weighted by atomic mass is 9.85. The van der Waals surface area contributed by atoms with E-state index in [2.05, 4.69) is 10.6 Å². The summed E-state index contributed by atoms with van der Waals surface area (Å²) in [6, 6.07) is 12.2. The first-order chi connectivity index (χ1) is 16.1. The number of anilines is 1. The fourth-order valence-corrected chi connectivity index (χ4v) is 3.99. The third kappa shape index (κ3) is 5.26. The predicted molar refractivity (Wildman–Crippen MR) is 126 cm³/mol. The lowest BCUT2D eigenvalue weighted by Crippen LogP contribution is -2.29. The molecule has 0 radical (unpaired) electrons. The van der Waals surface area contributed by atoms with Crippen molar-refractivity contribution in [1.82, 2.24) is 9.88 Å². The molecule has 180 valence electrons. The molecule has 0 unspecified atom stereocenters. The van der Waals surface area contributed by atoms with Gasteiger partial charge < -0.3 is 15.2 Å². The fourth-order valence-electron chi connectivity index (χ4n) is 3.99. The molecule has 34 heavy (non-hydrogen) atoms. The quantitative estimate of drug-likeness (QED) is 0.455. The van der Waals surface area contributed by atoms with E-state index in [1.54, 1.807) is 16.7 Å². The van der Waals surface area contributed by atoms with Gasteiger partial charge in [-0.1, -0.05) is 32.4 Å². The Hall–Kier alpha value is -3.29. The highest BCUT2D eigenvalue weighted by molar-refractivity contribution is 6.01. The van der Waals surface area contributed by atoms with Crippen molar-refractivity contribution in [2.24, 2.45) is 11.8 Å². The van der Waals surface area contributed by atoms with E-state index < -0.39 is 11.7 Å². The van der Waals surface area contributed by atoms with Crippen molar-refractivity contribution in [2.45, 2.75) is 45.8 Å². The molecular formula is C26H28F3N3O2. The summed E-state index contributed by atoms with van der Waals surface area (Å²) in [6.07, 6.45) is -1.53. The molecule has 0 spiro atoms. The van der Waals surface area contributed by atoms with Gasteiger partial charge in [-0.3, -0.25) is 9.59 Å². The van der Waals surface area contributed by atoms with Gasteiger partial charge in [0.15, 0.2) is 0 Å². The van der Waals surface area contributed by atoms with Crippen molar-refractivity contribution in [1.29, 1.82) is 0 Å². The molecule has 1 aromatic heterocycles. The highest BCUT2D eigenvalue weighted by Crippen LogP contribution is 2.31. The molecule has 0 bridgehead atoms. The van der Waals surface area contributed by atoms with Crippen LogP contribution >= 0.6 is 0 Å². The third-order valence-corrected chi connectivity index (χ3v) is 6.17. The highest BCUT2D eigenvalue weighted by atomic mass is 19.4. The van der Waals surface area contributed by atoms with Crippen molar-refractivity contribution < 1.29 is 22.8 Å². The average Bonchev–Trinajstić information content (AvgIpc) is 3.08. The van der Waals surface area contributed by atoms with Crippen LogP contribution in [-0.2, 0) is 17.5 Å². The SMILES string of the molecule is CC(C)CNC(=O)c1cc2cc(NC(=O)C3CCC3)ccc2n1Cc1ccc(C(F)(F)F)cc1. The van der Waals surface area contributed by atoms with E-state index in [0.29, 0.717) is 23.5 Å². The minimum absolute atomic E-state index is 0.00434. The molecule has 1 saturated carbocycles. The molecule has 3 aromatic rings. The monoisotopic (exact) mass is 471 g/mol. The van der Waals surface area contributed by atoms with Crippen molar-refractivity contribution in [3.63, 3.8) is 0 Å². The molecule has 1 aliphatic carbocycles. The molecule has 2 N–H and O–H groups in total. The Morgan fingerprint density at radius 2 is 1.76 bits per heavy atom. The summed E-state index contributed by atoms with van der Waals surface area (Å²) in [6.45, 7) is 4.73. The van der Waals surface area contributed by atoms with Gasteiger partial charge in [-0.15, -0.1) is 0 Å². The van der Waals surface area contributed by atoms with Crippen LogP contribution in [0.4, 0.5) is 18.9 Å². The summed E-state index contributed by atoms with van der Waals surface area (Å²) in [5, 5.41) is 6.63. The van der Waals surface area contributed by atoms with Crippen LogP contribution in [-0.4, -0.2) is 22.9 Å². The number of amides is 2. The Morgan fingerprint density at radius 3 is 2.35 bits per heavy atom. The number of carbonyl (C=O) groups excluding carboxylic acids is 2.